The predicted octanol–water partition coefficient (Wildman–Crippen LogP) is 1.31. The van der Waals surface area contributed by atoms with E-state index in [4.69, 9.17) is 10.4 Å². The molecular formula is C7H13NO. The second kappa shape index (κ2) is 5.58. The van der Waals surface area contributed by atoms with E-state index in [-0.39, 0.29) is 12.5 Å². The van der Waals surface area contributed by atoms with Crippen molar-refractivity contribution in [3.05, 3.63) is 0 Å². The molecule has 1 N–H and O–H groups in total. The van der Waals surface area contributed by atoms with Gasteiger partial charge >= 0.3 is 0 Å². The summed E-state index contributed by atoms with van der Waals surface area (Å²) in [7, 11) is 0. The molecule has 0 radical (unpaired) electrons. The molecule has 0 aromatic carbocycles. The molecule has 9 heavy (non-hydrogen) atoms. The fraction of sp³-hybridized carbons (Fsp3) is 0.857. The largest absolute Gasteiger partial charge is 0.396 e. The van der Waals surface area contributed by atoms with Crippen LogP contribution in [0.3, 0.4) is 0 Å². The zero-order valence-corrected chi connectivity index (χ0v) is 5.80. The Balaban J connectivity index is 3.32. The van der Waals surface area contributed by atoms with E-state index in [2.05, 4.69) is 6.92 Å². The van der Waals surface area contributed by atoms with Gasteiger partial charge in [-0.1, -0.05) is 13.3 Å². The number of rotatable bonds is 4. The maximum absolute atomic E-state index is 8.64. The smallest absolute Gasteiger partial charge is 0.0625 e. The highest BCUT2D eigenvalue weighted by Crippen LogP contribution is 2.08. The van der Waals surface area contributed by atoms with Crippen LogP contribution in [0.2, 0.25) is 0 Å². The van der Waals surface area contributed by atoms with Gasteiger partial charge in [-0.05, 0) is 12.3 Å². The van der Waals surface area contributed by atoms with Crippen LogP contribution in [0, 0.1) is 17.2 Å². The number of aliphatic hydroxyl groups is 1. The summed E-state index contributed by atoms with van der Waals surface area (Å²) in [5, 5.41) is 16.9. The van der Waals surface area contributed by atoms with E-state index >= 15 is 0 Å². The third-order valence-corrected chi connectivity index (χ3v) is 1.34. The summed E-state index contributed by atoms with van der Waals surface area (Å²) in [6, 6.07) is 2.04. The van der Waals surface area contributed by atoms with Gasteiger partial charge in [-0.15, -0.1) is 0 Å². The van der Waals surface area contributed by atoms with Crippen LogP contribution in [-0.2, 0) is 0 Å². The van der Waals surface area contributed by atoms with E-state index in [0.29, 0.717) is 6.42 Å². The quantitative estimate of drug-likeness (QED) is 0.618. The van der Waals surface area contributed by atoms with Gasteiger partial charge in [0, 0.05) is 13.0 Å². The van der Waals surface area contributed by atoms with Gasteiger partial charge in [-0.25, -0.2) is 0 Å². The van der Waals surface area contributed by atoms with Crippen LogP contribution in [0.25, 0.3) is 0 Å². The predicted molar refractivity (Wildman–Crippen MR) is 35.7 cm³/mol. The van der Waals surface area contributed by atoms with Crippen molar-refractivity contribution in [1.82, 2.24) is 0 Å². The van der Waals surface area contributed by atoms with Crippen LogP contribution in [0.4, 0.5) is 0 Å². The van der Waals surface area contributed by atoms with E-state index in [0.717, 1.165) is 12.8 Å². The van der Waals surface area contributed by atoms with Crippen molar-refractivity contribution in [3.8, 4) is 6.07 Å². The number of nitrogens with zero attached hydrogens (tertiary/aromatic N) is 1. The lowest BCUT2D eigenvalue weighted by Crippen LogP contribution is -2.03. The van der Waals surface area contributed by atoms with Gasteiger partial charge in [0.1, 0.15) is 0 Å². The van der Waals surface area contributed by atoms with E-state index < -0.39 is 0 Å². The first-order chi connectivity index (χ1) is 4.35. The molecule has 2 heteroatoms. The average Bonchev–Trinajstić information content (AvgIpc) is 1.88. The summed E-state index contributed by atoms with van der Waals surface area (Å²) < 4.78 is 0. The maximum Gasteiger partial charge on any atom is 0.0625 e. The van der Waals surface area contributed by atoms with Crippen molar-refractivity contribution >= 4 is 0 Å². The first-order valence-corrected chi connectivity index (χ1v) is 3.33. The molecule has 0 saturated carbocycles. The molecule has 0 aromatic rings. The Morgan fingerprint density at radius 3 is 2.67 bits per heavy atom. The summed E-state index contributed by atoms with van der Waals surface area (Å²) >= 11 is 0. The minimum absolute atomic E-state index is 0.154. The molecule has 0 aliphatic rings. The normalized spacial score (nSPS) is 12.6. The zero-order chi connectivity index (χ0) is 7.11. The standard InChI is InChI=1S/C7H13NO/c1-2-3-7(6-9)4-5-8/h7,9H,2-4,6H2,1H3/t7-/m0/s1. The van der Waals surface area contributed by atoms with E-state index in [9.17, 15) is 0 Å². The van der Waals surface area contributed by atoms with Gasteiger partial charge in [0.15, 0.2) is 0 Å². The van der Waals surface area contributed by atoms with Crippen LogP contribution in [-0.4, -0.2) is 11.7 Å². The molecule has 0 spiro atoms. The summed E-state index contributed by atoms with van der Waals surface area (Å²) in [5.74, 6) is 0.208. The lowest BCUT2D eigenvalue weighted by molar-refractivity contribution is 0.220. The molecule has 1 atom stereocenters. The second-order valence-corrected chi connectivity index (χ2v) is 2.20. The monoisotopic (exact) mass is 127 g/mol. The van der Waals surface area contributed by atoms with E-state index in [1.54, 1.807) is 0 Å². The Kier molecular flexibility index (Phi) is 5.24. The fourth-order valence-electron chi connectivity index (χ4n) is 0.795. The van der Waals surface area contributed by atoms with Crippen LogP contribution in [0.5, 0.6) is 0 Å². The highest BCUT2D eigenvalue weighted by Gasteiger charge is 2.03. The summed E-state index contributed by atoms with van der Waals surface area (Å²) in [6.07, 6.45) is 2.50. The molecule has 0 rings (SSSR count). The highest BCUT2D eigenvalue weighted by molar-refractivity contribution is 4.74. The lowest BCUT2D eigenvalue weighted by atomic mass is 10.0. The van der Waals surface area contributed by atoms with Crippen LogP contribution >= 0.6 is 0 Å². The van der Waals surface area contributed by atoms with Crippen molar-refractivity contribution in [2.24, 2.45) is 5.92 Å². The minimum Gasteiger partial charge on any atom is -0.396 e. The Hall–Kier alpha value is -0.550. The topological polar surface area (TPSA) is 44.0 Å². The number of hydrogen-bond donors (Lipinski definition) is 1. The Bertz CT molecular complexity index is 95.6. The van der Waals surface area contributed by atoms with Crippen molar-refractivity contribution in [3.63, 3.8) is 0 Å². The third kappa shape index (κ3) is 3.99. The molecule has 52 valence electrons. The van der Waals surface area contributed by atoms with Crippen LogP contribution < -0.4 is 0 Å². The van der Waals surface area contributed by atoms with Gasteiger partial charge in [-0.3, -0.25) is 0 Å². The molecule has 0 saturated heterocycles. The molecule has 0 amide bonds. The van der Waals surface area contributed by atoms with Crippen molar-refractivity contribution < 1.29 is 5.11 Å². The van der Waals surface area contributed by atoms with Crippen molar-refractivity contribution in [2.45, 2.75) is 26.2 Å². The van der Waals surface area contributed by atoms with Crippen LogP contribution in [0.15, 0.2) is 0 Å². The molecule has 0 fully saturated rings. The molecule has 0 aliphatic carbocycles. The summed E-state index contributed by atoms with van der Waals surface area (Å²) in [6.45, 7) is 2.21. The Morgan fingerprint density at radius 2 is 2.33 bits per heavy atom. The highest BCUT2D eigenvalue weighted by atomic mass is 16.3. The Labute approximate surface area is 56.1 Å². The van der Waals surface area contributed by atoms with Gasteiger partial charge in [0.2, 0.25) is 0 Å². The number of aliphatic hydroxyl groups excluding tert-OH is 1. The Morgan fingerprint density at radius 1 is 1.67 bits per heavy atom. The first kappa shape index (κ1) is 8.45. The minimum atomic E-state index is 0.154. The molecule has 0 aliphatic heterocycles. The van der Waals surface area contributed by atoms with E-state index in [1.807, 2.05) is 6.07 Å². The molecule has 0 heterocycles. The van der Waals surface area contributed by atoms with Crippen molar-refractivity contribution in [1.29, 1.82) is 5.26 Å². The van der Waals surface area contributed by atoms with Gasteiger partial charge < -0.3 is 5.11 Å². The second-order valence-electron chi connectivity index (χ2n) is 2.20. The fourth-order valence-corrected chi connectivity index (χ4v) is 0.795. The number of nitriles is 1. The SMILES string of the molecule is CCC[C@H](CO)CC#N. The molecular weight excluding hydrogens is 114 g/mol. The van der Waals surface area contributed by atoms with Gasteiger partial charge in [0.25, 0.3) is 0 Å². The summed E-state index contributed by atoms with van der Waals surface area (Å²) in [4.78, 5) is 0. The van der Waals surface area contributed by atoms with Gasteiger partial charge in [-0.2, -0.15) is 5.26 Å². The third-order valence-electron chi connectivity index (χ3n) is 1.34. The lowest BCUT2D eigenvalue weighted by Gasteiger charge is -2.05. The summed E-state index contributed by atoms with van der Waals surface area (Å²) in [5.41, 5.74) is 0. The van der Waals surface area contributed by atoms with Gasteiger partial charge in [0.05, 0.1) is 6.07 Å². The van der Waals surface area contributed by atoms with Crippen molar-refractivity contribution in [2.75, 3.05) is 6.61 Å². The van der Waals surface area contributed by atoms with E-state index in [1.165, 1.54) is 0 Å². The molecule has 2 nitrogen and oxygen atoms in total. The molecule has 0 unspecified atom stereocenters. The first-order valence-electron chi connectivity index (χ1n) is 3.33. The number of hydrogen-bond acceptors (Lipinski definition) is 2. The molecule has 0 aromatic heterocycles. The zero-order valence-electron chi connectivity index (χ0n) is 5.80. The average molecular weight is 127 g/mol. The van der Waals surface area contributed by atoms with Crippen LogP contribution in [0.1, 0.15) is 26.2 Å². The maximum atomic E-state index is 8.64. The molecule has 0 bridgehead atoms.